The highest BCUT2D eigenvalue weighted by Gasteiger charge is 2.21. The molecule has 1 nitrogen and oxygen atoms in total. The van der Waals surface area contributed by atoms with Gasteiger partial charge in [-0.1, -0.05) is 52.9 Å². The van der Waals surface area contributed by atoms with Gasteiger partial charge in [-0.3, -0.25) is 0 Å². The highest BCUT2D eigenvalue weighted by molar-refractivity contribution is 14.1. The summed E-state index contributed by atoms with van der Waals surface area (Å²) < 4.78 is 7.34. The number of alkyl halides is 1. The number of halogens is 1. The topological polar surface area (TPSA) is 9.23 Å². The van der Waals surface area contributed by atoms with Gasteiger partial charge in [0.2, 0.25) is 0 Å². The Bertz CT molecular complexity index is 281. The SMILES string of the molecule is C[Si](C)(C)OC(CCI)c1ccccc1. The molecule has 0 saturated heterocycles. The van der Waals surface area contributed by atoms with E-state index in [-0.39, 0.29) is 6.10 Å². The van der Waals surface area contributed by atoms with E-state index in [1.54, 1.807) is 0 Å². The molecule has 0 aliphatic heterocycles. The second-order valence-corrected chi connectivity index (χ2v) is 10.1. The fraction of sp³-hybridized carbons (Fsp3) is 0.500. The molecular formula is C12H19IOSi. The molecule has 0 spiro atoms. The van der Waals surface area contributed by atoms with E-state index < -0.39 is 8.32 Å². The minimum absolute atomic E-state index is 0.287. The average Bonchev–Trinajstić information content (AvgIpc) is 2.17. The van der Waals surface area contributed by atoms with E-state index in [0.29, 0.717) is 0 Å². The molecule has 0 N–H and O–H groups in total. The van der Waals surface area contributed by atoms with Crippen molar-refractivity contribution in [1.29, 1.82) is 0 Å². The van der Waals surface area contributed by atoms with Crippen LogP contribution in [0.4, 0.5) is 0 Å². The van der Waals surface area contributed by atoms with Crippen molar-refractivity contribution in [3.05, 3.63) is 35.9 Å². The fourth-order valence-corrected chi connectivity index (χ4v) is 3.16. The Morgan fingerprint density at radius 1 is 1.20 bits per heavy atom. The van der Waals surface area contributed by atoms with E-state index in [4.69, 9.17) is 4.43 Å². The zero-order valence-electron chi connectivity index (χ0n) is 9.66. The van der Waals surface area contributed by atoms with E-state index in [2.05, 4.69) is 72.6 Å². The van der Waals surface area contributed by atoms with E-state index in [1.165, 1.54) is 5.56 Å². The molecule has 0 heterocycles. The van der Waals surface area contributed by atoms with Gasteiger partial charge in [-0.25, -0.2) is 0 Å². The minimum atomic E-state index is -1.44. The first-order valence-electron chi connectivity index (χ1n) is 5.31. The van der Waals surface area contributed by atoms with Gasteiger partial charge in [0.25, 0.3) is 0 Å². The molecule has 0 bridgehead atoms. The van der Waals surface area contributed by atoms with E-state index >= 15 is 0 Å². The van der Waals surface area contributed by atoms with Crippen molar-refractivity contribution in [3.8, 4) is 0 Å². The van der Waals surface area contributed by atoms with Gasteiger partial charge in [-0.05, 0) is 31.6 Å². The van der Waals surface area contributed by atoms with Gasteiger partial charge >= 0.3 is 0 Å². The lowest BCUT2D eigenvalue weighted by molar-refractivity contribution is 0.196. The van der Waals surface area contributed by atoms with Crippen LogP contribution in [0.5, 0.6) is 0 Å². The molecule has 0 fully saturated rings. The Balaban J connectivity index is 2.75. The Morgan fingerprint density at radius 2 is 1.80 bits per heavy atom. The van der Waals surface area contributed by atoms with Crippen molar-refractivity contribution in [2.45, 2.75) is 32.2 Å². The van der Waals surface area contributed by atoms with Crippen LogP contribution in [-0.2, 0) is 4.43 Å². The third kappa shape index (κ3) is 5.13. The summed E-state index contributed by atoms with van der Waals surface area (Å²) in [5.74, 6) is 0. The molecule has 0 aliphatic rings. The van der Waals surface area contributed by atoms with Crippen molar-refractivity contribution in [2.75, 3.05) is 4.43 Å². The second-order valence-electron chi connectivity index (χ2n) is 4.61. The molecule has 0 aliphatic carbocycles. The Morgan fingerprint density at radius 3 is 2.27 bits per heavy atom. The van der Waals surface area contributed by atoms with Crippen LogP contribution in [0.15, 0.2) is 30.3 Å². The number of hydrogen-bond donors (Lipinski definition) is 0. The predicted molar refractivity (Wildman–Crippen MR) is 77.1 cm³/mol. The molecule has 1 unspecified atom stereocenters. The van der Waals surface area contributed by atoms with Crippen molar-refractivity contribution in [1.82, 2.24) is 0 Å². The van der Waals surface area contributed by atoms with Crippen LogP contribution in [0.1, 0.15) is 18.1 Å². The molecule has 0 saturated carbocycles. The monoisotopic (exact) mass is 334 g/mol. The highest BCUT2D eigenvalue weighted by atomic mass is 127. The van der Waals surface area contributed by atoms with Crippen LogP contribution in [0.2, 0.25) is 19.6 Å². The third-order valence-corrected chi connectivity index (χ3v) is 3.65. The molecule has 1 aromatic rings. The first kappa shape index (κ1) is 13.2. The van der Waals surface area contributed by atoms with Gasteiger partial charge in [0, 0.05) is 4.43 Å². The molecule has 0 amide bonds. The van der Waals surface area contributed by atoms with E-state index in [9.17, 15) is 0 Å². The van der Waals surface area contributed by atoms with Crippen LogP contribution in [0, 0.1) is 0 Å². The quantitative estimate of drug-likeness (QED) is 0.440. The zero-order chi connectivity index (χ0) is 11.3. The van der Waals surface area contributed by atoms with Crippen molar-refractivity contribution in [2.24, 2.45) is 0 Å². The van der Waals surface area contributed by atoms with Gasteiger partial charge in [0.1, 0.15) is 0 Å². The first-order chi connectivity index (χ1) is 7.03. The largest absolute Gasteiger partial charge is 0.411 e. The minimum Gasteiger partial charge on any atom is -0.411 e. The molecule has 15 heavy (non-hydrogen) atoms. The summed E-state index contributed by atoms with van der Waals surface area (Å²) in [4.78, 5) is 0. The number of benzene rings is 1. The van der Waals surface area contributed by atoms with Crippen LogP contribution in [0.3, 0.4) is 0 Å². The average molecular weight is 334 g/mol. The van der Waals surface area contributed by atoms with Gasteiger partial charge < -0.3 is 4.43 Å². The predicted octanol–water partition coefficient (Wildman–Crippen LogP) is 4.40. The summed E-state index contributed by atoms with van der Waals surface area (Å²) in [6, 6.07) is 10.6. The fourth-order valence-electron chi connectivity index (χ4n) is 1.49. The van der Waals surface area contributed by atoms with Crippen LogP contribution in [-0.4, -0.2) is 12.7 Å². The molecule has 84 valence electrons. The van der Waals surface area contributed by atoms with Crippen molar-refractivity contribution < 1.29 is 4.43 Å². The lowest BCUT2D eigenvalue weighted by atomic mass is 10.1. The van der Waals surface area contributed by atoms with Crippen molar-refractivity contribution >= 4 is 30.9 Å². The van der Waals surface area contributed by atoms with Crippen LogP contribution in [0.25, 0.3) is 0 Å². The summed E-state index contributed by atoms with van der Waals surface area (Å²) in [5.41, 5.74) is 1.32. The van der Waals surface area contributed by atoms with Gasteiger partial charge in [-0.15, -0.1) is 0 Å². The Kier molecular flexibility index (Phi) is 5.29. The van der Waals surface area contributed by atoms with E-state index in [1.807, 2.05) is 0 Å². The maximum atomic E-state index is 6.20. The number of rotatable bonds is 5. The standard InChI is InChI=1S/C12H19IOSi/c1-15(2,3)14-12(9-10-13)11-7-5-4-6-8-11/h4-8,12H,9-10H2,1-3H3. The third-order valence-electron chi connectivity index (χ3n) is 2.04. The maximum absolute atomic E-state index is 6.20. The highest BCUT2D eigenvalue weighted by Crippen LogP contribution is 2.25. The summed E-state index contributed by atoms with van der Waals surface area (Å²) in [5, 5.41) is 0. The molecule has 0 aromatic heterocycles. The summed E-state index contributed by atoms with van der Waals surface area (Å²) in [7, 11) is -1.44. The lowest BCUT2D eigenvalue weighted by Gasteiger charge is -2.26. The molecule has 1 aromatic carbocycles. The van der Waals surface area contributed by atoms with Crippen LogP contribution < -0.4 is 0 Å². The number of hydrogen-bond acceptors (Lipinski definition) is 1. The molecule has 3 heteroatoms. The molecule has 1 rings (SSSR count). The summed E-state index contributed by atoms with van der Waals surface area (Å²) in [6.07, 6.45) is 1.39. The Labute approximate surface area is 108 Å². The summed E-state index contributed by atoms with van der Waals surface area (Å²) in [6.45, 7) is 6.74. The lowest BCUT2D eigenvalue weighted by Crippen LogP contribution is -2.28. The van der Waals surface area contributed by atoms with Gasteiger partial charge in [0.05, 0.1) is 6.10 Å². The zero-order valence-corrected chi connectivity index (χ0v) is 12.8. The van der Waals surface area contributed by atoms with E-state index in [0.717, 1.165) is 10.8 Å². The first-order valence-corrected chi connectivity index (χ1v) is 10.2. The van der Waals surface area contributed by atoms with Gasteiger partial charge in [-0.2, -0.15) is 0 Å². The maximum Gasteiger partial charge on any atom is 0.184 e. The molecular weight excluding hydrogens is 315 g/mol. The van der Waals surface area contributed by atoms with Crippen molar-refractivity contribution in [3.63, 3.8) is 0 Å². The normalized spacial score (nSPS) is 13.9. The molecule has 0 radical (unpaired) electrons. The summed E-state index contributed by atoms with van der Waals surface area (Å²) >= 11 is 2.42. The Hall–Kier alpha value is 0.127. The smallest absolute Gasteiger partial charge is 0.184 e. The molecule has 1 atom stereocenters. The van der Waals surface area contributed by atoms with Crippen LogP contribution >= 0.6 is 22.6 Å². The second kappa shape index (κ2) is 6.01. The van der Waals surface area contributed by atoms with Gasteiger partial charge in [0.15, 0.2) is 8.32 Å².